The Morgan fingerprint density at radius 2 is 2.44 bits per heavy atom. The lowest BCUT2D eigenvalue weighted by molar-refractivity contribution is 0.0658. The Hall–Kier alpha value is -2.24. The fraction of sp³-hybridized carbons (Fsp3) is 0.200. The Bertz CT molecular complexity index is 500. The molecule has 0 saturated heterocycles. The number of nitrogens with zero attached hydrogens (tertiary/aromatic N) is 2. The molecule has 0 amide bonds. The smallest absolute Gasteiger partial charge is 0.371 e. The van der Waals surface area contributed by atoms with E-state index in [1.54, 1.807) is 30.2 Å². The molecule has 0 aromatic carbocycles. The van der Waals surface area contributed by atoms with E-state index in [0.717, 1.165) is 0 Å². The van der Waals surface area contributed by atoms with Gasteiger partial charge in [-0.2, -0.15) is 5.10 Å². The van der Waals surface area contributed by atoms with E-state index in [1.165, 1.54) is 6.07 Å². The van der Waals surface area contributed by atoms with E-state index in [0.29, 0.717) is 11.5 Å². The van der Waals surface area contributed by atoms with Gasteiger partial charge >= 0.3 is 5.97 Å². The highest BCUT2D eigenvalue weighted by molar-refractivity contribution is 5.84. The SMILES string of the molecule is Cn1cc(OCc2ccc(C(=O)O)o2)cn1. The number of hydrogen-bond acceptors (Lipinski definition) is 4. The molecular weight excluding hydrogens is 212 g/mol. The zero-order chi connectivity index (χ0) is 11.5. The molecule has 1 N–H and O–H groups in total. The minimum atomic E-state index is -1.09. The summed E-state index contributed by atoms with van der Waals surface area (Å²) < 4.78 is 12.0. The van der Waals surface area contributed by atoms with E-state index in [2.05, 4.69) is 5.10 Å². The van der Waals surface area contributed by atoms with Crippen molar-refractivity contribution >= 4 is 5.97 Å². The Balaban J connectivity index is 1.97. The third kappa shape index (κ3) is 2.22. The monoisotopic (exact) mass is 222 g/mol. The molecule has 0 aliphatic heterocycles. The van der Waals surface area contributed by atoms with Gasteiger partial charge < -0.3 is 14.3 Å². The summed E-state index contributed by atoms with van der Waals surface area (Å²) >= 11 is 0. The summed E-state index contributed by atoms with van der Waals surface area (Å²) in [6.07, 6.45) is 3.28. The first-order valence-corrected chi connectivity index (χ1v) is 4.58. The molecule has 0 atom stereocenters. The predicted molar refractivity (Wildman–Crippen MR) is 53.2 cm³/mol. The fourth-order valence-electron chi connectivity index (χ4n) is 1.20. The number of aryl methyl sites for hydroxylation is 1. The molecule has 84 valence electrons. The topological polar surface area (TPSA) is 77.5 Å². The summed E-state index contributed by atoms with van der Waals surface area (Å²) in [4.78, 5) is 10.5. The normalized spacial score (nSPS) is 10.3. The molecule has 0 aliphatic carbocycles. The maximum atomic E-state index is 10.5. The molecule has 16 heavy (non-hydrogen) atoms. The number of aromatic nitrogens is 2. The van der Waals surface area contributed by atoms with Crippen molar-refractivity contribution in [2.75, 3.05) is 0 Å². The molecule has 0 spiro atoms. The molecule has 0 fully saturated rings. The number of carbonyl (C=O) groups is 1. The van der Waals surface area contributed by atoms with Crippen LogP contribution in [0.15, 0.2) is 28.9 Å². The van der Waals surface area contributed by atoms with Crippen molar-refractivity contribution in [3.8, 4) is 5.75 Å². The molecule has 0 bridgehead atoms. The van der Waals surface area contributed by atoms with E-state index in [9.17, 15) is 4.79 Å². The number of hydrogen-bond donors (Lipinski definition) is 1. The Morgan fingerprint density at radius 1 is 1.62 bits per heavy atom. The predicted octanol–water partition coefficient (Wildman–Crippen LogP) is 1.29. The third-order valence-corrected chi connectivity index (χ3v) is 1.93. The van der Waals surface area contributed by atoms with Gasteiger partial charge in [0.25, 0.3) is 0 Å². The quantitative estimate of drug-likeness (QED) is 0.843. The van der Waals surface area contributed by atoms with Crippen LogP contribution < -0.4 is 4.74 Å². The molecule has 6 heteroatoms. The van der Waals surface area contributed by atoms with E-state index in [4.69, 9.17) is 14.3 Å². The number of ether oxygens (including phenoxy) is 1. The maximum absolute atomic E-state index is 10.5. The Morgan fingerprint density at radius 3 is 3.00 bits per heavy atom. The summed E-state index contributed by atoms with van der Waals surface area (Å²) in [5, 5.41) is 12.6. The van der Waals surface area contributed by atoms with E-state index in [1.807, 2.05) is 0 Å². The van der Waals surface area contributed by atoms with Crippen LogP contribution in [0.3, 0.4) is 0 Å². The average molecular weight is 222 g/mol. The van der Waals surface area contributed by atoms with Crippen LogP contribution in [0.4, 0.5) is 0 Å². The largest absolute Gasteiger partial charge is 0.482 e. The van der Waals surface area contributed by atoms with Crippen molar-refractivity contribution in [2.45, 2.75) is 6.61 Å². The van der Waals surface area contributed by atoms with Crippen molar-refractivity contribution in [3.05, 3.63) is 36.0 Å². The van der Waals surface area contributed by atoms with E-state index < -0.39 is 5.97 Å². The maximum Gasteiger partial charge on any atom is 0.371 e. The van der Waals surface area contributed by atoms with Crippen molar-refractivity contribution in [1.82, 2.24) is 9.78 Å². The molecule has 6 nitrogen and oxygen atoms in total. The molecule has 0 saturated carbocycles. The Kier molecular flexibility index (Phi) is 2.63. The van der Waals surface area contributed by atoms with Crippen LogP contribution in [0.1, 0.15) is 16.3 Å². The molecule has 2 aromatic rings. The summed E-state index contributed by atoms with van der Waals surface area (Å²) in [7, 11) is 1.78. The first-order chi connectivity index (χ1) is 7.65. The van der Waals surface area contributed by atoms with Crippen molar-refractivity contribution in [1.29, 1.82) is 0 Å². The van der Waals surface area contributed by atoms with Gasteiger partial charge in [0.05, 0.1) is 12.4 Å². The second kappa shape index (κ2) is 4.09. The summed E-state index contributed by atoms with van der Waals surface area (Å²) in [6.45, 7) is 0.180. The molecule has 2 heterocycles. The fourth-order valence-corrected chi connectivity index (χ4v) is 1.20. The molecule has 2 rings (SSSR count). The minimum absolute atomic E-state index is 0.0928. The lowest BCUT2D eigenvalue weighted by Gasteiger charge is -1.99. The van der Waals surface area contributed by atoms with Gasteiger partial charge in [-0.25, -0.2) is 4.79 Å². The van der Waals surface area contributed by atoms with Crippen LogP contribution in [0.5, 0.6) is 5.75 Å². The van der Waals surface area contributed by atoms with Crippen LogP contribution in [0.25, 0.3) is 0 Å². The van der Waals surface area contributed by atoms with Gasteiger partial charge in [-0.15, -0.1) is 0 Å². The standard InChI is InChI=1S/C10H10N2O4/c1-12-5-8(4-11-12)15-6-7-2-3-9(16-7)10(13)14/h2-5H,6H2,1H3,(H,13,14). The van der Waals surface area contributed by atoms with Crippen molar-refractivity contribution < 1.29 is 19.1 Å². The Labute approximate surface area is 91.1 Å². The molecule has 0 unspecified atom stereocenters. The summed E-state index contributed by atoms with van der Waals surface area (Å²) in [6, 6.07) is 2.96. The second-order valence-electron chi connectivity index (χ2n) is 3.21. The minimum Gasteiger partial charge on any atom is -0.482 e. The van der Waals surface area contributed by atoms with E-state index >= 15 is 0 Å². The highest BCUT2D eigenvalue weighted by Gasteiger charge is 2.09. The van der Waals surface area contributed by atoms with Crippen molar-refractivity contribution in [2.24, 2.45) is 7.05 Å². The highest BCUT2D eigenvalue weighted by Crippen LogP contribution is 2.13. The van der Waals surface area contributed by atoms with Gasteiger partial charge in [0.1, 0.15) is 12.4 Å². The second-order valence-corrected chi connectivity index (χ2v) is 3.21. The van der Waals surface area contributed by atoms with Crippen molar-refractivity contribution in [3.63, 3.8) is 0 Å². The first kappa shape index (κ1) is 10.3. The highest BCUT2D eigenvalue weighted by atomic mass is 16.5. The van der Waals surface area contributed by atoms with Crippen LogP contribution in [0, 0.1) is 0 Å². The number of carboxylic acids is 1. The molecule has 2 aromatic heterocycles. The zero-order valence-corrected chi connectivity index (χ0v) is 8.58. The number of carboxylic acid groups (broad SMARTS) is 1. The molecular formula is C10H10N2O4. The number of rotatable bonds is 4. The first-order valence-electron chi connectivity index (χ1n) is 4.58. The summed E-state index contributed by atoms with van der Waals surface area (Å²) in [5.74, 6) is -0.116. The average Bonchev–Trinajstić information content (AvgIpc) is 2.83. The van der Waals surface area contributed by atoms with Gasteiger partial charge in [0.2, 0.25) is 5.76 Å². The molecule has 0 aliphatic rings. The lowest BCUT2D eigenvalue weighted by Crippen LogP contribution is -1.94. The van der Waals surface area contributed by atoms with Gasteiger partial charge in [-0.3, -0.25) is 4.68 Å². The van der Waals surface area contributed by atoms with Gasteiger partial charge in [-0.05, 0) is 12.1 Å². The number of furan rings is 1. The van der Waals surface area contributed by atoms with Crippen LogP contribution in [-0.2, 0) is 13.7 Å². The van der Waals surface area contributed by atoms with Gasteiger partial charge in [-0.1, -0.05) is 0 Å². The lowest BCUT2D eigenvalue weighted by atomic mass is 10.4. The van der Waals surface area contributed by atoms with Gasteiger partial charge in [0.15, 0.2) is 5.75 Å². The van der Waals surface area contributed by atoms with Crippen LogP contribution in [-0.4, -0.2) is 20.9 Å². The summed E-state index contributed by atoms with van der Waals surface area (Å²) in [5.41, 5.74) is 0. The third-order valence-electron chi connectivity index (χ3n) is 1.93. The van der Waals surface area contributed by atoms with E-state index in [-0.39, 0.29) is 12.4 Å². The van der Waals surface area contributed by atoms with Crippen LogP contribution in [0.2, 0.25) is 0 Å². The number of aromatic carboxylic acids is 1. The van der Waals surface area contributed by atoms with Gasteiger partial charge in [0, 0.05) is 7.05 Å². The molecule has 0 radical (unpaired) electrons. The zero-order valence-electron chi connectivity index (χ0n) is 8.58. The van der Waals surface area contributed by atoms with Crippen LogP contribution >= 0.6 is 0 Å².